The Morgan fingerprint density at radius 3 is 1.82 bits per heavy atom. The molecule has 4 nitrogen and oxygen atoms in total. The fourth-order valence-corrected chi connectivity index (χ4v) is 7.17. The first-order valence-corrected chi connectivity index (χ1v) is 13.8. The zero-order chi connectivity index (χ0) is 28.1. The van der Waals surface area contributed by atoms with Gasteiger partial charge in [-0.2, -0.15) is 0 Å². The summed E-state index contributed by atoms with van der Waals surface area (Å²) in [5, 5.41) is 9.90. The van der Waals surface area contributed by atoms with Crippen molar-refractivity contribution < 1.29 is 27.8 Å². The van der Waals surface area contributed by atoms with E-state index in [1.807, 2.05) is 54.6 Å². The molecule has 0 saturated carbocycles. The highest BCUT2D eigenvalue weighted by atomic mass is 32.2. The Labute approximate surface area is 235 Å². The van der Waals surface area contributed by atoms with E-state index < -0.39 is 34.3 Å². The van der Waals surface area contributed by atoms with Crippen molar-refractivity contribution in [1.82, 2.24) is 4.90 Å². The smallest absolute Gasteiger partial charge is 0.407 e. The Bertz CT molecular complexity index is 1340. The zero-order valence-electron chi connectivity index (χ0n) is 21.6. The predicted octanol–water partition coefficient (Wildman–Crippen LogP) is 7.47. The molecule has 0 aromatic heterocycles. The molecular formula is C32H28F3NO3S. The van der Waals surface area contributed by atoms with Crippen molar-refractivity contribution in [1.29, 1.82) is 0 Å². The molecule has 1 aliphatic rings. The molecule has 1 heterocycles. The van der Waals surface area contributed by atoms with E-state index >= 15 is 0 Å². The number of carbonyl (C=O) groups is 1. The second-order valence-corrected chi connectivity index (χ2v) is 11.2. The van der Waals surface area contributed by atoms with Gasteiger partial charge in [0.25, 0.3) is 0 Å². The van der Waals surface area contributed by atoms with Crippen LogP contribution < -0.4 is 0 Å². The van der Waals surface area contributed by atoms with Crippen LogP contribution in [0.15, 0.2) is 103 Å². The maximum Gasteiger partial charge on any atom is 0.407 e. The number of amides is 1. The number of halogens is 3. The van der Waals surface area contributed by atoms with E-state index in [9.17, 15) is 23.1 Å². The van der Waals surface area contributed by atoms with Gasteiger partial charge in [-0.05, 0) is 29.2 Å². The molecule has 0 bridgehead atoms. The molecule has 5 rings (SSSR count). The normalized spacial score (nSPS) is 17.2. The van der Waals surface area contributed by atoms with Crippen LogP contribution in [0.25, 0.3) is 0 Å². The van der Waals surface area contributed by atoms with Crippen LogP contribution in [0.5, 0.6) is 0 Å². The molecule has 0 aliphatic carbocycles. The third-order valence-electron chi connectivity index (χ3n) is 7.16. The lowest BCUT2D eigenvalue weighted by molar-refractivity contribution is 0.0629. The second-order valence-electron chi connectivity index (χ2n) is 9.72. The van der Waals surface area contributed by atoms with Gasteiger partial charge in [-0.3, -0.25) is 0 Å². The summed E-state index contributed by atoms with van der Waals surface area (Å²) < 4.78 is 46.0. The molecule has 2 atom stereocenters. The maximum atomic E-state index is 14.1. The summed E-state index contributed by atoms with van der Waals surface area (Å²) in [6, 6.07) is 31.2. The summed E-state index contributed by atoms with van der Waals surface area (Å²) in [5.74, 6) is -3.34. The van der Waals surface area contributed by atoms with Gasteiger partial charge in [0.1, 0.15) is 5.82 Å². The van der Waals surface area contributed by atoms with Crippen molar-refractivity contribution >= 4 is 17.9 Å². The molecule has 1 N–H and O–H groups in total. The van der Waals surface area contributed by atoms with Gasteiger partial charge in [0.15, 0.2) is 11.6 Å². The Morgan fingerprint density at radius 2 is 1.32 bits per heavy atom. The minimum Gasteiger partial charge on any atom is -0.465 e. The first-order chi connectivity index (χ1) is 19.4. The molecular weight excluding hydrogens is 535 g/mol. The Morgan fingerprint density at radius 1 is 0.825 bits per heavy atom. The molecule has 0 spiro atoms. The highest BCUT2D eigenvalue weighted by Crippen LogP contribution is 2.52. The first-order valence-electron chi connectivity index (χ1n) is 12.9. The minimum absolute atomic E-state index is 0.00317. The van der Waals surface area contributed by atoms with Gasteiger partial charge in [-0.1, -0.05) is 91.0 Å². The van der Waals surface area contributed by atoms with Crippen LogP contribution >= 0.6 is 11.8 Å². The first kappa shape index (κ1) is 27.8. The lowest BCUT2D eigenvalue weighted by Gasteiger charge is -2.37. The van der Waals surface area contributed by atoms with Gasteiger partial charge in [-0.15, -0.1) is 11.8 Å². The molecule has 4 aromatic carbocycles. The topological polar surface area (TPSA) is 49.8 Å². The quantitative estimate of drug-likeness (QED) is 0.170. The van der Waals surface area contributed by atoms with Crippen LogP contribution in [0.2, 0.25) is 0 Å². The third kappa shape index (κ3) is 5.74. The molecule has 40 heavy (non-hydrogen) atoms. The molecule has 1 aliphatic heterocycles. The van der Waals surface area contributed by atoms with Crippen LogP contribution in [0, 0.1) is 17.5 Å². The average molecular weight is 564 g/mol. The highest BCUT2D eigenvalue weighted by Gasteiger charge is 2.44. The van der Waals surface area contributed by atoms with Gasteiger partial charge in [-0.25, -0.2) is 18.0 Å². The van der Waals surface area contributed by atoms with Crippen LogP contribution in [0.1, 0.15) is 28.7 Å². The fourth-order valence-electron chi connectivity index (χ4n) is 5.30. The molecule has 2 unspecified atom stereocenters. The number of hydrogen-bond acceptors (Lipinski definition) is 3. The highest BCUT2D eigenvalue weighted by molar-refractivity contribution is 8.01. The molecule has 1 fully saturated rings. The van der Waals surface area contributed by atoms with Crippen LogP contribution in [-0.4, -0.2) is 40.5 Å². The zero-order valence-corrected chi connectivity index (χ0v) is 22.4. The summed E-state index contributed by atoms with van der Waals surface area (Å²) in [6.07, 6.45) is -0.564. The van der Waals surface area contributed by atoms with Crippen molar-refractivity contribution in [3.05, 3.63) is 143 Å². The van der Waals surface area contributed by atoms with E-state index in [0.29, 0.717) is 12.5 Å². The molecule has 4 aromatic rings. The van der Waals surface area contributed by atoms with Gasteiger partial charge >= 0.3 is 6.09 Å². The number of carboxylic acid groups (broad SMARTS) is 1. The molecule has 0 radical (unpaired) electrons. The maximum absolute atomic E-state index is 14.1. The number of likely N-dealkylation sites (tertiary alicyclic amines) is 1. The van der Waals surface area contributed by atoms with Crippen molar-refractivity contribution in [2.24, 2.45) is 0 Å². The van der Waals surface area contributed by atoms with Gasteiger partial charge < -0.3 is 14.7 Å². The van der Waals surface area contributed by atoms with E-state index in [2.05, 4.69) is 36.4 Å². The standard InChI is InChI=1S/C32H28F3NO3S/c33-28-18-30(35)29(34)16-22(28)20-39-21-26-17-27(19-36(26)31(37)38)40-32(23-10-4-1-5-11-23,24-12-6-2-7-13-24)25-14-8-3-9-15-25/h1-16,18,26-27H,17,19-21H2,(H,37,38). The van der Waals surface area contributed by atoms with Crippen molar-refractivity contribution in [3.63, 3.8) is 0 Å². The number of nitrogens with zero attached hydrogens (tertiary/aromatic N) is 1. The summed E-state index contributed by atoms with van der Waals surface area (Å²) >= 11 is 1.71. The van der Waals surface area contributed by atoms with Gasteiger partial charge in [0.05, 0.1) is 24.0 Å². The Kier molecular flexibility index (Phi) is 8.47. The van der Waals surface area contributed by atoms with Gasteiger partial charge in [0, 0.05) is 23.4 Å². The van der Waals surface area contributed by atoms with E-state index in [-0.39, 0.29) is 30.6 Å². The Balaban J connectivity index is 1.43. The lowest BCUT2D eigenvalue weighted by atomic mass is 9.84. The number of ether oxygens (including phenoxy) is 1. The summed E-state index contributed by atoms with van der Waals surface area (Å²) in [6.45, 7) is -0.0224. The van der Waals surface area contributed by atoms with Gasteiger partial charge in [0.2, 0.25) is 0 Å². The minimum atomic E-state index is -1.27. The molecule has 1 saturated heterocycles. The SMILES string of the molecule is O=C(O)N1CC(SC(c2ccccc2)(c2ccccc2)c2ccccc2)CC1COCc1cc(F)c(F)cc1F. The Hall–Kier alpha value is -3.75. The van der Waals surface area contributed by atoms with Crippen LogP contribution in [0.3, 0.4) is 0 Å². The van der Waals surface area contributed by atoms with E-state index in [0.717, 1.165) is 22.8 Å². The third-order valence-corrected chi connectivity index (χ3v) is 8.90. The number of hydrogen-bond donors (Lipinski definition) is 1. The van der Waals surface area contributed by atoms with Crippen molar-refractivity contribution in [3.8, 4) is 0 Å². The monoisotopic (exact) mass is 563 g/mol. The number of thioether (sulfide) groups is 1. The summed E-state index contributed by atoms with van der Waals surface area (Å²) in [4.78, 5) is 13.6. The lowest BCUT2D eigenvalue weighted by Crippen LogP contribution is -2.37. The average Bonchev–Trinajstić information content (AvgIpc) is 3.38. The van der Waals surface area contributed by atoms with E-state index in [4.69, 9.17) is 4.74 Å². The second kappa shape index (κ2) is 12.2. The number of benzene rings is 4. The largest absolute Gasteiger partial charge is 0.465 e. The van der Waals surface area contributed by atoms with Crippen molar-refractivity contribution in [2.45, 2.75) is 29.1 Å². The summed E-state index contributed by atoms with van der Waals surface area (Å²) in [5.41, 5.74) is 3.11. The van der Waals surface area contributed by atoms with Crippen molar-refractivity contribution in [2.75, 3.05) is 13.2 Å². The van der Waals surface area contributed by atoms with E-state index in [1.54, 1.807) is 11.8 Å². The molecule has 1 amide bonds. The number of rotatable bonds is 9. The summed E-state index contributed by atoms with van der Waals surface area (Å²) in [7, 11) is 0. The van der Waals surface area contributed by atoms with Crippen LogP contribution in [-0.2, 0) is 16.1 Å². The van der Waals surface area contributed by atoms with E-state index in [1.165, 1.54) is 4.90 Å². The molecule has 8 heteroatoms. The molecule has 206 valence electrons. The fraction of sp³-hybridized carbons (Fsp3) is 0.219. The predicted molar refractivity (Wildman–Crippen MR) is 150 cm³/mol. The van der Waals surface area contributed by atoms with Crippen LogP contribution in [0.4, 0.5) is 18.0 Å².